The number of hydrogen-bond acceptors (Lipinski definition) is 4. The Morgan fingerprint density at radius 1 is 1.38 bits per heavy atom. The summed E-state index contributed by atoms with van der Waals surface area (Å²) in [5, 5.41) is 11.6. The summed E-state index contributed by atoms with van der Waals surface area (Å²) < 4.78 is 10.7. The molecule has 1 aliphatic heterocycles. The Labute approximate surface area is 92.0 Å². The molecule has 1 heterocycles. The molecular weight excluding hydrogens is 237 g/mol. The number of carboxylic acids is 1. The fraction of sp³-hybridized carbons (Fsp3) is 0.750. The van der Waals surface area contributed by atoms with Gasteiger partial charge in [0.2, 0.25) is 5.52 Å². The number of rotatable bonds is 4. The third kappa shape index (κ3) is 3.38. The summed E-state index contributed by atoms with van der Waals surface area (Å²) in [4.78, 5) is 39.2. The van der Waals surface area contributed by atoms with Crippen molar-refractivity contribution in [3.05, 3.63) is 0 Å². The molecule has 0 aromatic carbocycles. The summed E-state index contributed by atoms with van der Waals surface area (Å²) in [5.74, 6) is -1.64. The summed E-state index contributed by atoms with van der Waals surface area (Å²) in [6.45, 7) is 0.539. The molecule has 7 nitrogen and oxygen atoms in total. The molecule has 1 aliphatic rings. The molecule has 8 heteroatoms. The van der Waals surface area contributed by atoms with Gasteiger partial charge in [0.15, 0.2) is 0 Å². The molecule has 4 N–H and O–H groups in total. The maximum absolute atomic E-state index is 11.1. The number of nitrogens with one attached hydrogen (secondary N) is 1. The van der Waals surface area contributed by atoms with Crippen LogP contribution in [0.25, 0.3) is 0 Å². The Morgan fingerprint density at radius 2 is 2.00 bits per heavy atom. The molecule has 1 saturated heterocycles. The minimum Gasteiger partial charge on any atom is -0.480 e. The molecule has 0 aliphatic carbocycles. The fourth-order valence-electron chi connectivity index (χ4n) is 1.81. The molecule has 0 radical (unpaired) electrons. The molecule has 16 heavy (non-hydrogen) atoms. The number of hydrogen-bond donors (Lipinski definition) is 4. The summed E-state index contributed by atoms with van der Waals surface area (Å²) in [5.41, 5.74) is -1.19. The largest absolute Gasteiger partial charge is 0.480 e. The molecule has 0 saturated carbocycles. The van der Waals surface area contributed by atoms with Crippen molar-refractivity contribution in [2.45, 2.75) is 25.3 Å². The highest BCUT2D eigenvalue weighted by molar-refractivity contribution is 7.70. The topological polar surface area (TPSA) is 124 Å². The monoisotopic (exact) mass is 251 g/mol. The van der Waals surface area contributed by atoms with Crippen LogP contribution in [-0.2, 0) is 14.2 Å². The molecular formula is C8H14NO6P. The van der Waals surface area contributed by atoms with Crippen LogP contribution in [0.15, 0.2) is 0 Å². The van der Waals surface area contributed by atoms with Crippen molar-refractivity contribution in [3.63, 3.8) is 0 Å². The van der Waals surface area contributed by atoms with E-state index in [2.05, 4.69) is 5.32 Å². The van der Waals surface area contributed by atoms with Crippen molar-refractivity contribution in [1.82, 2.24) is 5.32 Å². The predicted molar refractivity (Wildman–Crippen MR) is 53.8 cm³/mol. The van der Waals surface area contributed by atoms with Crippen molar-refractivity contribution in [2.24, 2.45) is 5.92 Å². The van der Waals surface area contributed by atoms with Crippen molar-refractivity contribution < 1.29 is 29.0 Å². The van der Waals surface area contributed by atoms with Crippen LogP contribution >= 0.6 is 7.60 Å². The standard InChI is InChI=1S/C8H14NO6P/c10-6(16(13,14)15)4-5-2-1-3-9-7(5)8(11)12/h5,7,9H,1-4H2,(H,11,12)(H2,13,14,15). The van der Waals surface area contributed by atoms with Gasteiger partial charge in [-0.05, 0) is 25.3 Å². The van der Waals surface area contributed by atoms with E-state index >= 15 is 0 Å². The SMILES string of the molecule is O=C(O)C1NCCCC1CC(=O)P(=O)(O)O. The van der Waals surface area contributed by atoms with Crippen LogP contribution in [0.4, 0.5) is 0 Å². The van der Waals surface area contributed by atoms with E-state index in [1.807, 2.05) is 0 Å². The van der Waals surface area contributed by atoms with Gasteiger partial charge in [0.1, 0.15) is 6.04 Å². The highest BCUT2D eigenvalue weighted by atomic mass is 31.2. The first-order chi connectivity index (χ1) is 7.32. The summed E-state index contributed by atoms with van der Waals surface area (Å²) in [6.07, 6.45) is 0.785. The van der Waals surface area contributed by atoms with Gasteiger partial charge >= 0.3 is 13.6 Å². The van der Waals surface area contributed by atoms with Gasteiger partial charge in [0, 0.05) is 6.42 Å². The lowest BCUT2D eigenvalue weighted by Crippen LogP contribution is -2.47. The van der Waals surface area contributed by atoms with Gasteiger partial charge in [0.05, 0.1) is 0 Å². The van der Waals surface area contributed by atoms with Crippen LogP contribution in [0, 0.1) is 5.92 Å². The number of aliphatic carboxylic acids is 1. The minimum absolute atomic E-state index is 0.395. The Hall–Kier alpha value is -0.750. The van der Waals surface area contributed by atoms with Crippen LogP contribution in [0.3, 0.4) is 0 Å². The zero-order valence-corrected chi connectivity index (χ0v) is 9.39. The lowest BCUT2D eigenvalue weighted by Gasteiger charge is -2.29. The van der Waals surface area contributed by atoms with Crippen molar-refractivity contribution in [3.8, 4) is 0 Å². The van der Waals surface area contributed by atoms with Crippen molar-refractivity contribution in [2.75, 3.05) is 6.54 Å². The van der Waals surface area contributed by atoms with Gasteiger partial charge in [-0.3, -0.25) is 14.2 Å². The van der Waals surface area contributed by atoms with Gasteiger partial charge in [-0.25, -0.2) is 0 Å². The molecule has 1 fully saturated rings. The third-order valence-electron chi connectivity index (χ3n) is 2.62. The van der Waals surface area contributed by atoms with Gasteiger partial charge in [0.25, 0.3) is 0 Å². The maximum atomic E-state index is 11.1. The Bertz CT molecular complexity index is 337. The Morgan fingerprint density at radius 3 is 2.50 bits per heavy atom. The van der Waals surface area contributed by atoms with E-state index in [1.54, 1.807) is 0 Å². The average Bonchev–Trinajstić information content (AvgIpc) is 2.16. The maximum Gasteiger partial charge on any atom is 0.391 e. The highest BCUT2D eigenvalue weighted by Gasteiger charge is 2.36. The normalized spacial score (nSPS) is 26.4. The first kappa shape index (κ1) is 13.3. The third-order valence-corrected chi connectivity index (χ3v) is 3.45. The quantitative estimate of drug-likeness (QED) is 0.498. The second kappa shape index (κ2) is 5.05. The second-order valence-corrected chi connectivity index (χ2v) is 5.40. The first-order valence-electron chi connectivity index (χ1n) is 4.87. The molecule has 92 valence electrons. The zero-order valence-electron chi connectivity index (χ0n) is 8.50. The van der Waals surface area contributed by atoms with E-state index in [0.29, 0.717) is 19.4 Å². The minimum atomic E-state index is -4.74. The van der Waals surface area contributed by atoms with E-state index < -0.39 is 37.5 Å². The summed E-state index contributed by atoms with van der Waals surface area (Å²) in [6, 6.07) is -0.899. The number of carboxylic acid groups (broad SMARTS) is 1. The molecule has 0 aromatic heterocycles. The molecule has 2 unspecified atom stereocenters. The van der Waals surface area contributed by atoms with Crippen molar-refractivity contribution >= 4 is 19.1 Å². The van der Waals surface area contributed by atoms with Gasteiger partial charge in [-0.15, -0.1) is 0 Å². The van der Waals surface area contributed by atoms with E-state index in [-0.39, 0.29) is 0 Å². The van der Waals surface area contributed by atoms with Crippen LogP contribution in [-0.4, -0.2) is 39.0 Å². The van der Waals surface area contributed by atoms with Crippen LogP contribution in [0.2, 0.25) is 0 Å². The van der Waals surface area contributed by atoms with Gasteiger partial charge < -0.3 is 20.2 Å². The molecule has 2 atom stereocenters. The Kier molecular flexibility index (Phi) is 4.21. The molecule has 0 spiro atoms. The highest BCUT2D eigenvalue weighted by Crippen LogP contribution is 2.39. The lowest BCUT2D eigenvalue weighted by molar-refractivity contribution is -0.141. The molecule has 0 amide bonds. The van der Waals surface area contributed by atoms with E-state index in [4.69, 9.17) is 14.9 Å². The fourth-order valence-corrected chi connectivity index (χ4v) is 2.28. The van der Waals surface area contributed by atoms with Crippen LogP contribution < -0.4 is 5.32 Å². The summed E-state index contributed by atoms with van der Waals surface area (Å²) >= 11 is 0. The number of carbonyl (C=O) groups excluding carboxylic acids is 1. The van der Waals surface area contributed by atoms with Gasteiger partial charge in [-0.2, -0.15) is 0 Å². The number of carbonyl (C=O) groups is 2. The molecule has 1 rings (SSSR count). The van der Waals surface area contributed by atoms with E-state index in [1.165, 1.54) is 0 Å². The van der Waals surface area contributed by atoms with Gasteiger partial charge in [-0.1, -0.05) is 0 Å². The summed E-state index contributed by atoms with van der Waals surface area (Å²) in [7, 11) is -4.74. The smallest absolute Gasteiger partial charge is 0.391 e. The average molecular weight is 251 g/mol. The molecule has 0 aromatic rings. The second-order valence-electron chi connectivity index (χ2n) is 3.81. The lowest BCUT2D eigenvalue weighted by atomic mass is 9.88. The zero-order chi connectivity index (χ0) is 12.3. The Balaban J connectivity index is 2.67. The van der Waals surface area contributed by atoms with Crippen LogP contribution in [0.1, 0.15) is 19.3 Å². The van der Waals surface area contributed by atoms with E-state index in [0.717, 1.165) is 0 Å². The predicted octanol–water partition coefficient (Wildman–Crippen LogP) is -0.466. The van der Waals surface area contributed by atoms with E-state index in [9.17, 15) is 14.2 Å². The molecule has 0 bridgehead atoms. The number of piperidine rings is 1. The van der Waals surface area contributed by atoms with Crippen LogP contribution in [0.5, 0.6) is 0 Å². The van der Waals surface area contributed by atoms with Crippen molar-refractivity contribution in [1.29, 1.82) is 0 Å². The first-order valence-corrected chi connectivity index (χ1v) is 6.48.